The molecule has 0 aliphatic rings. The minimum atomic E-state index is 0.438. The molecule has 2 unspecified atom stereocenters. The summed E-state index contributed by atoms with van der Waals surface area (Å²) in [6.45, 7) is 7.80. The van der Waals surface area contributed by atoms with E-state index in [0.717, 1.165) is 12.5 Å². The third-order valence-corrected chi connectivity index (χ3v) is 4.76. The van der Waals surface area contributed by atoms with Gasteiger partial charge in [-0.05, 0) is 41.3 Å². The van der Waals surface area contributed by atoms with Gasteiger partial charge in [-0.3, -0.25) is 0 Å². The zero-order valence-corrected chi connectivity index (χ0v) is 14.2. The fourth-order valence-corrected chi connectivity index (χ4v) is 3.20. The van der Waals surface area contributed by atoms with Gasteiger partial charge in [-0.2, -0.15) is 0 Å². The Balaban J connectivity index is 2.45. The SMILES string of the molecule is CCNC(CC(C)CC)c1ccc(Br)c2ccccc12. The molecule has 0 aromatic heterocycles. The highest BCUT2D eigenvalue weighted by molar-refractivity contribution is 9.10. The Labute approximate surface area is 130 Å². The third kappa shape index (κ3) is 3.42. The van der Waals surface area contributed by atoms with Crippen molar-refractivity contribution in [3.63, 3.8) is 0 Å². The van der Waals surface area contributed by atoms with Gasteiger partial charge in [0.2, 0.25) is 0 Å². The van der Waals surface area contributed by atoms with E-state index in [1.54, 1.807) is 0 Å². The van der Waals surface area contributed by atoms with Gasteiger partial charge in [0.15, 0.2) is 0 Å². The number of fused-ring (bicyclic) bond motifs is 1. The van der Waals surface area contributed by atoms with Crippen molar-refractivity contribution in [3.05, 3.63) is 46.4 Å². The summed E-state index contributed by atoms with van der Waals surface area (Å²) in [6, 6.07) is 13.5. The normalized spacial score (nSPS) is 14.4. The molecule has 0 radical (unpaired) electrons. The van der Waals surface area contributed by atoms with Gasteiger partial charge < -0.3 is 5.32 Å². The Kier molecular flexibility index (Phi) is 5.62. The van der Waals surface area contributed by atoms with E-state index < -0.39 is 0 Å². The molecule has 0 bridgehead atoms. The van der Waals surface area contributed by atoms with Crippen molar-refractivity contribution in [2.75, 3.05) is 6.54 Å². The molecule has 20 heavy (non-hydrogen) atoms. The van der Waals surface area contributed by atoms with Crippen LogP contribution in [0.5, 0.6) is 0 Å². The maximum Gasteiger partial charge on any atom is 0.0328 e. The zero-order chi connectivity index (χ0) is 14.5. The summed E-state index contributed by atoms with van der Waals surface area (Å²) in [5.74, 6) is 0.737. The molecule has 2 heteroatoms. The first kappa shape index (κ1) is 15.5. The number of benzene rings is 2. The summed E-state index contributed by atoms with van der Waals surface area (Å²) >= 11 is 3.66. The smallest absolute Gasteiger partial charge is 0.0328 e. The van der Waals surface area contributed by atoms with E-state index in [4.69, 9.17) is 0 Å². The van der Waals surface area contributed by atoms with Crippen LogP contribution in [0.3, 0.4) is 0 Å². The topological polar surface area (TPSA) is 12.0 Å². The van der Waals surface area contributed by atoms with Crippen molar-refractivity contribution in [1.82, 2.24) is 5.32 Å². The molecule has 0 aliphatic carbocycles. The highest BCUT2D eigenvalue weighted by Gasteiger charge is 2.16. The number of halogens is 1. The quantitative estimate of drug-likeness (QED) is 0.716. The van der Waals surface area contributed by atoms with Gasteiger partial charge >= 0.3 is 0 Å². The number of nitrogens with one attached hydrogen (secondary N) is 1. The van der Waals surface area contributed by atoms with Crippen LogP contribution in [0.4, 0.5) is 0 Å². The molecule has 2 aromatic rings. The van der Waals surface area contributed by atoms with E-state index in [9.17, 15) is 0 Å². The van der Waals surface area contributed by atoms with Crippen molar-refractivity contribution in [1.29, 1.82) is 0 Å². The molecular formula is C18H24BrN. The first-order valence-corrected chi connectivity index (χ1v) is 8.37. The van der Waals surface area contributed by atoms with Crippen molar-refractivity contribution in [2.45, 2.75) is 39.7 Å². The molecule has 0 saturated carbocycles. The van der Waals surface area contributed by atoms with Crippen LogP contribution >= 0.6 is 15.9 Å². The number of hydrogen-bond acceptors (Lipinski definition) is 1. The van der Waals surface area contributed by atoms with E-state index in [0.29, 0.717) is 6.04 Å². The zero-order valence-electron chi connectivity index (χ0n) is 12.6. The minimum absolute atomic E-state index is 0.438. The first-order chi connectivity index (χ1) is 9.67. The molecular weight excluding hydrogens is 310 g/mol. The molecule has 0 saturated heterocycles. The highest BCUT2D eigenvalue weighted by atomic mass is 79.9. The summed E-state index contributed by atoms with van der Waals surface area (Å²) in [5.41, 5.74) is 1.42. The maximum atomic E-state index is 3.66. The second-order valence-electron chi connectivity index (χ2n) is 5.54. The lowest BCUT2D eigenvalue weighted by molar-refractivity contribution is 0.410. The molecule has 108 valence electrons. The lowest BCUT2D eigenvalue weighted by Crippen LogP contribution is -2.23. The predicted octanol–water partition coefficient (Wildman–Crippen LogP) is 5.69. The van der Waals surface area contributed by atoms with Crippen molar-refractivity contribution in [2.24, 2.45) is 5.92 Å². The Morgan fingerprint density at radius 2 is 1.75 bits per heavy atom. The Hall–Kier alpha value is -0.860. The summed E-state index contributed by atoms with van der Waals surface area (Å²) in [7, 11) is 0. The lowest BCUT2D eigenvalue weighted by atomic mass is 9.91. The monoisotopic (exact) mass is 333 g/mol. The number of hydrogen-bond donors (Lipinski definition) is 1. The third-order valence-electron chi connectivity index (χ3n) is 4.07. The molecule has 2 rings (SSSR count). The summed E-state index contributed by atoms with van der Waals surface area (Å²) < 4.78 is 1.18. The van der Waals surface area contributed by atoms with Crippen LogP contribution in [0, 0.1) is 5.92 Å². The van der Waals surface area contributed by atoms with Gasteiger partial charge in [0.1, 0.15) is 0 Å². The van der Waals surface area contributed by atoms with Gasteiger partial charge in [0.25, 0.3) is 0 Å². The van der Waals surface area contributed by atoms with E-state index in [-0.39, 0.29) is 0 Å². The second-order valence-corrected chi connectivity index (χ2v) is 6.40. The average Bonchev–Trinajstić information content (AvgIpc) is 2.47. The molecule has 0 amide bonds. The van der Waals surface area contributed by atoms with E-state index in [1.165, 1.54) is 33.7 Å². The van der Waals surface area contributed by atoms with Crippen molar-refractivity contribution >= 4 is 26.7 Å². The van der Waals surface area contributed by atoms with Gasteiger partial charge in [-0.1, -0.05) is 73.5 Å². The molecule has 0 fully saturated rings. The lowest BCUT2D eigenvalue weighted by Gasteiger charge is -2.23. The van der Waals surface area contributed by atoms with Gasteiger partial charge in [-0.25, -0.2) is 0 Å². The highest BCUT2D eigenvalue weighted by Crippen LogP contribution is 2.33. The predicted molar refractivity (Wildman–Crippen MR) is 92.1 cm³/mol. The van der Waals surface area contributed by atoms with Crippen LogP contribution in [0.25, 0.3) is 10.8 Å². The molecule has 1 nitrogen and oxygen atoms in total. The van der Waals surface area contributed by atoms with Crippen molar-refractivity contribution in [3.8, 4) is 0 Å². The van der Waals surface area contributed by atoms with Crippen LogP contribution in [0.1, 0.15) is 45.2 Å². The second kappa shape index (κ2) is 7.24. The van der Waals surface area contributed by atoms with Crippen LogP contribution in [-0.2, 0) is 0 Å². The summed E-state index contributed by atoms with van der Waals surface area (Å²) in [5, 5.41) is 6.32. The largest absolute Gasteiger partial charge is 0.310 e. The Morgan fingerprint density at radius 1 is 1.05 bits per heavy atom. The maximum absolute atomic E-state index is 3.66. The fraction of sp³-hybridized carbons (Fsp3) is 0.444. The van der Waals surface area contributed by atoms with Crippen molar-refractivity contribution < 1.29 is 0 Å². The number of rotatable bonds is 6. The summed E-state index contributed by atoms with van der Waals surface area (Å²) in [4.78, 5) is 0. The molecule has 2 atom stereocenters. The molecule has 2 aromatic carbocycles. The van der Waals surface area contributed by atoms with E-state index in [2.05, 4.69) is 78.4 Å². The average molecular weight is 334 g/mol. The standard InChI is InChI=1S/C18H24BrN/c1-4-13(3)12-18(20-5-2)16-10-11-17(19)15-9-7-6-8-14(15)16/h6-11,13,18,20H,4-5,12H2,1-3H3. The van der Waals surface area contributed by atoms with Crippen LogP contribution in [-0.4, -0.2) is 6.54 Å². The Bertz CT molecular complexity index is 564. The first-order valence-electron chi connectivity index (χ1n) is 7.57. The van der Waals surface area contributed by atoms with Crippen LogP contribution in [0.2, 0.25) is 0 Å². The fourth-order valence-electron chi connectivity index (χ4n) is 2.73. The molecule has 0 heterocycles. The summed E-state index contributed by atoms with van der Waals surface area (Å²) in [6.07, 6.45) is 2.42. The van der Waals surface area contributed by atoms with Gasteiger partial charge in [0, 0.05) is 10.5 Å². The van der Waals surface area contributed by atoms with E-state index >= 15 is 0 Å². The molecule has 1 N–H and O–H groups in total. The minimum Gasteiger partial charge on any atom is -0.310 e. The van der Waals surface area contributed by atoms with Crippen LogP contribution < -0.4 is 5.32 Å². The molecule has 0 spiro atoms. The van der Waals surface area contributed by atoms with Crippen LogP contribution in [0.15, 0.2) is 40.9 Å². The molecule has 0 aliphatic heterocycles. The Morgan fingerprint density at radius 3 is 2.40 bits per heavy atom. The van der Waals surface area contributed by atoms with E-state index in [1.807, 2.05) is 0 Å². The van der Waals surface area contributed by atoms with Gasteiger partial charge in [0.05, 0.1) is 0 Å². The van der Waals surface area contributed by atoms with Gasteiger partial charge in [-0.15, -0.1) is 0 Å².